The molecule has 3 heterocycles. The Morgan fingerprint density at radius 3 is 2.58 bits per heavy atom. The van der Waals surface area contributed by atoms with Gasteiger partial charge in [0.1, 0.15) is 17.8 Å². The fourth-order valence-electron chi connectivity index (χ4n) is 4.25. The SMILES string of the molecule is Cc1ccccc1-n1c([C@H](C)Nc2ncnc3[nH]cc(F)c23)cc2cccc(C)c2c1=O.S. The molecule has 3 aromatic heterocycles. The van der Waals surface area contributed by atoms with Crippen molar-refractivity contribution in [3.63, 3.8) is 0 Å². The van der Waals surface area contributed by atoms with E-state index in [1.165, 1.54) is 12.5 Å². The van der Waals surface area contributed by atoms with E-state index in [-0.39, 0.29) is 25.1 Å². The van der Waals surface area contributed by atoms with Gasteiger partial charge >= 0.3 is 0 Å². The number of H-pyrrole nitrogens is 1. The lowest BCUT2D eigenvalue weighted by molar-refractivity contribution is 0.639. The maximum atomic E-state index is 14.4. The van der Waals surface area contributed by atoms with E-state index in [0.717, 1.165) is 27.9 Å². The third-order valence-electron chi connectivity index (χ3n) is 5.86. The number of nitrogens with zero attached hydrogens (tertiary/aromatic N) is 3. The molecule has 5 aromatic rings. The van der Waals surface area contributed by atoms with Crippen LogP contribution in [-0.4, -0.2) is 19.5 Å². The minimum Gasteiger partial charge on any atom is -0.361 e. The van der Waals surface area contributed by atoms with Crippen molar-refractivity contribution < 1.29 is 4.39 Å². The number of pyridine rings is 1. The molecule has 6 nitrogen and oxygen atoms in total. The molecule has 0 radical (unpaired) electrons. The van der Waals surface area contributed by atoms with Crippen LogP contribution in [0.4, 0.5) is 10.2 Å². The largest absolute Gasteiger partial charge is 0.361 e. The lowest BCUT2D eigenvalue weighted by atomic mass is 10.0. The molecule has 168 valence electrons. The molecular weight excluding hydrogens is 437 g/mol. The standard InChI is InChI=1S/C25H22FN5O.H2S/c1-14-7-4-5-10-19(14)31-20(11-17-9-6-8-15(2)21(17)25(31)32)16(3)30-24-22-18(26)12-27-23(22)28-13-29-24;/h4-13,16H,1-3H3,(H2,27,28,29,30);1H2/t16-;/m0./s1. The van der Waals surface area contributed by atoms with Crippen LogP contribution in [0.2, 0.25) is 0 Å². The van der Waals surface area contributed by atoms with E-state index < -0.39 is 5.82 Å². The molecule has 33 heavy (non-hydrogen) atoms. The molecule has 8 heteroatoms. The van der Waals surface area contributed by atoms with Gasteiger partial charge in [-0.3, -0.25) is 9.36 Å². The van der Waals surface area contributed by atoms with Crippen LogP contribution in [0.3, 0.4) is 0 Å². The van der Waals surface area contributed by atoms with Crippen LogP contribution < -0.4 is 10.9 Å². The maximum Gasteiger partial charge on any atom is 0.263 e. The van der Waals surface area contributed by atoms with Gasteiger partial charge in [0, 0.05) is 11.9 Å². The number of para-hydroxylation sites is 1. The molecule has 5 rings (SSSR count). The highest BCUT2D eigenvalue weighted by atomic mass is 32.1. The first-order valence-corrected chi connectivity index (χ1v) is 10.4. The van der Waals surface area contributed by atoms with Crippen molar-refractivity contribution >= 4 is 41.1 Å². The highest BCUT2D eigenvalue weighted by molar-refractivity contribution is 7.59. The molecule has 0 bridgehead atoms. The molecule has 0 aliphatic carbocycles. The van der Waals surface area contributed by atoms with Gasteiger partial charge in [-0.1, -0.05) is 36.4 Å². The predicted molar refractivity (Wildman–Crippen MR) is 135 cm³/mol. The number of aromatic amines is 1. The second-order valence-corrected chi connectivity index (χ2v) is 7.98. The minimum absolute atomic E-state index is 0. The fourth-order valence-corrected chi connectivity index (χ4v) is 4.25. The van der Waals surface area contributed by atoms with E-state index in [4.69, 9.17) is 0 Å². The molecule has 1 atom stereocenters. The number of nitrogens with one attached hydrogen (secondary N) is 2. The Kier molecular flexibility index (Phi) is 5.95. The highest BCUT2D eigenvalue weighted by Gasteiger charge is 2.20. The zero-order chi connectivity index (χ0) is 22.4. The summed E-state index contributed by atoms with van der Waals surface area (Å²) in [7, 11) is 0. The number of aryl methyl sites for hydroxylation is 2. The molecular formula is C25H24FN5OS. The summed E-state index contributed by atoms with van der Waals surface area (Å²) < 4.78 is 16.1. The Hall–Kier alpha value is -3.65. The van der Waals surface area contributed by atoms with Crippen molar-refractivity contribution in [3.05, 3.63) is 94.0 Å². The summed E-state index contributed by atoms with van der Waals surface area (Å²) in [5, 5.41) is 5.14. The molecule has 0 saturated carbocycles. The van der Waals surface area contributed by atoms with Gasteiger partial charge in [0.2, 0.25) is 0 Å². The van der Waals surface area contributed by atoms with Gasteiger partial charge in [0.15, 0.2) is 5.82 Å². The van der Waals surface area contributed by atoms with E-state index in [1.54, 1.807) is 4.57 Å². The quantitative estimate of drug-likeness (QED) is 0.381. The third-order valence-corrected chi connectivity index (χ3v) is 5.86. The summed E-state index contributed by atoms with van der Waals surface area (Å²) in [5.41, 5.74) is 3.81. The minimum atomic E-state index is -0.430. The highest BCUT2D eigenvalue weighted by Crippen LogP contribution is 2.29. The lowest BCUT2D eigenvalue weighted by Crippen LogP contribution is -2.26. The van der Waals surface area contributed by atoms with Gasteiger partial charge in [-0.2, -0.15) is 13.5 Å². The van der Waals surface area contributed by atoms with Gasteiger partial charge in [-0.05, 0) is 49.4 Å². The van der Waals surface area contributed by atoms with E-state index in [1.807, 2.05) is 69.3 Å². The Morgan fingerprint density at radius 1 is 1.03 bits per heavy atom. The number of hydrogen-bond acceptors (Lipinski definition) is 4. The molecule has 0 spiro atoms. The van der Waals surface area contributed by atoms with E-state index >= 15 is 0 Å². The van der Waals surface area contributed by atoms with E-state index in [0.29, 0.717) is 22.2 Å². The Balaban J connectivity index is 0.00000259. The van der Waals surface area contributed by atoms with Crippen molar-refractivity contribution in [1.82, 2.24) is 19.5 Å². The first-order valence-electron chi connectivity index (χ1n) is 10.4. The fraction of sp³-hybridized carbons (Fsp3) is 0.160. The first-order chi connectivity index (χ1) is 15.5. The maximum absolute atomic E-state index is 14.4. The first kappa shape index (κ1) is 22.5. The van der Waals surface area contributed by atoms with Crippen molar-refractivity contribution in [2.45, 2.75) is 26.8 Å². The Morgan fingerprint density at radius 2 is 1.79 bits per heavy atom. The zero-order valence-corrected chi connectivity index (χ0v) is 19.5. The van der Waals surface area contributed by atoms with Crippen molar-refractivity contribution in [2.75, 3.05) is 5.32 Å². The number of rotatable bonds is 4. The summed E-state index contributed by atoms with van der Waals surface area (Å²) in [6.45, 7) is 5.86. The number of halogens is 1. The average Bonchev–Trinajstić information content (AvgIpc) is 3.16. The number of hydrogen-bond donors (Lipinski definition) is 2. The number of aromatic nitrogens is 4. The van der Waals surface area contributed by atoms with Crippen molar-refractivity contribution in [3.8, 4) is 5.69 Å². The van der Waals surface area contributed by atoms with Gasteiger partial charge in [0.25, 0.3) is 5.56 Å². The molecule has 0 aliphatic rings. The smallest absolute Gasteiger partial charge is 0.263 e. The molecule has 2 N–H and O–H groups in total. The van der Waals surface area contributed by atoms with Crippen LogP contribution in [0.1, 0.15) is 29.8 Å². The van der Waals surface area contributed by atoms with Crippen LogP contribution in [0.25, 0.3) is 27.5 Å². The molecule has 0 fully saturated rings. The molecule has 0 aliphatic heterocycles. The van der Waals surface area contributed by atoms with Gasteiger partial charge in [-0.25, -0.2) is 14.4 Å². The number of benzene rings is 2. The summed E-state index contributed by atoms with van der Waals surface area (Å²) in [6, 6.07) is 15.3. The monoisotopic (exact) mass is 461 g/mol. The number of fused-ring (bicyclic) bond motifs is 2. The van der Waals surface area contributed by atoms with Crippen LogP contribution in [0.5, 0.6) is 0 Å². The van der Waals surface area contributed by atoms with Crippen LogP contribution >= 0.6 is 13.5 Å². The molecule has 0 saturated heterocycles. The summed E-state index contributed by atoms with van der Waals surface area (Å²) in [5.74, 6) is -0.0601. The Bertz CT molecular complexity index is 1540. The van der Waals surface area contributed by atoms with Gasteiger partial charge in [0.05, 0.1) is 22.5 Å². The van der Waals surface area contributed by atoms with E-state index in [2.05, 4.69) is 20.3 Å². The lowest BCUT2D eigenvalue weighted by Gasteiger charge is -2.23. The topological polar surface area (TPSA) is 75.6 Å². The second-order valence-electron chi connectivity index (χ2n) is 7.98. The molecule has 0 unspecified atom stereocenters. The van der Waals surface area contributed by atoms with E-state index in [9.17, 15) is 9.18 Å². The average molecular weight is 462 g/mol. The van der Waals surface area contributed by atoms with Gasteiger partial charge in [-0.15, -0.1) is 0 Å². The van der Waals surface area contributed by atoms with Gasteiger partial charge < -0.3 is 10.3 Å². The summed E-state index contributed by atoms with van der Waals surface area (Å²) in [6.07, 6.45) is 2.64. The Labute approximate surface area is 197 Å². The zero-order valence-electron chi connectivity index (χ0n) is 18.5. The number of anilines is 1. The predicted octanol–water partition coefficient (Wildman–Crippen LogP) is 5.30. The molecule has 0 amide bonds. The van der Waals surface area contributed by atoms with Crippen LogP contribution in [-0.2, 0) is 0 Å². The van der Waals surface area contributed by atoms with Crippen molar-refractivity contribution in [1.29, 1.82) is 0 Å². The third kappa shape index (κ3) is 3.76. The second kappa shape index (κ2) is 8.71. The van der Waals surface area contributed by atoms with Crippen LogP contribution in [0, 0.1) is 19.7 Å². The van der Waals surface area contributed by atoms with Crippen molar-refractivity contribution in [2.24, 2.45) is 0 Å². The van der Waals surface area contributed by atoms with Crippen LogP contribution in [0.15, 0.2) is 65.8 Å². The summed E-state index contributed by atoms with van der Waals surface area (Å²) >= 11 is 0. The normalized spacial score (nSPS) is 12.0. The molecule has 2 aromatic carbocycles. The summed E-state index contributed by atoms with van der Waals surface area (Å²) in [4.78, 5) is 24.9.